The summed E-state index contributed by atoms with van der Waals surface area (Å²) in [5.74, 6) is 2.65. The summed E-state index contributed by atoms with van der Waals surface area (Å²) >= 11 is 1.58. The molecule has 8 heavy (non-hydrogen) atoms. The van der Waals surface area contributed by atoms with E-state index in [9.17, 15) is 4.79 Å². The van der Waals surface area contributed by atoms with Crippen molar-refractivity contribution in [1.82, 2.24) is 5.32 Å². The molecular formula is C5H10NOS. The summed E-state index contributed by atoms with van der Waals surface area (Å²) in [6.45, 7) is 3.45. The quantitative estimate of drug-likeness (QED) is 0.458. The highest BCUT2D eigenvalue weighted by atomic mass is 32.2. The van der Waals surface area contributed by atoms with Gasteiger partial charge >= 0.3 is 0 Å². The number of rotatable bonds is 3. The van der Waals surface area contributed by atoms with Crippen LogP contribution in [0.25, 0.3) is 0 Å². The zero-order chi connectivity index (χ0) is 6.41. The molecule has 3 heteroatoms. The first-order valence-electron chi connectivity index (χ1n) is 2.41. The lowest BCUT2D eigenvalue weighted by atomic mass is 10.7. The lowest BCUT2D eigenvalue weighted by molar-refractivity contribution is -0.118. The number of carbonyl (C=O) groups is 1. The number of hydrogen-bond acceptors (Lipinski definition) is 2. The summed E-state index contributed by atoms with van der Waals surface area (Å²) in [6, 6.07) is 0. The second kappa shape index (κ2) is 4.97. The van der Waals surface area contributed by atoms with Gasteiger partial charge in [0.25, 0.3) is 0 Å². The molecule has 0 spiro atoms. The number of carbonyl (C=O) groups excluding carboxylic acids is 1. The fourth-order valence-corrected chi connectivity index (χ4v) is 0.680. The zero-order valence-corrected chi connectivity index (χ0v) is 5.92. The highest BCUT2D eigenvalue weighted by Crippen LogP contribution is 1.98. The number of hydrogen-bond donors (Lipinski definition) is 1. The number of thioether (sulfide) groups is 1. The third kappa shape index (κ3) is 5.82. The first-order valence-corrected chi connectivity index (χ1v) is 3.46. The van der Waals surface area contributed by atoms with E-state index in [0.717, 1.165) is 0 Å². The van der Waals surface area contributed by atoms with Crippen molar-refractivity contribution in [2.24, 2.45) is 0 Å². The third-order valence-electron chi connectivity index (χ3n) is 0.571. The highest BCUT2D eigenvalue weighted by Gasteiger charge is 1.86. The van der Waals surface area contributed by atoms with Crippen LogP contribution in [-0.4, -0.2) is 11.8 Å². The van der Waals surface area contributed by atoms with E-state index in [0.29, 0.717) is 5.88 Å². The van der Waals surface area contributed by atoms with E-state index in [1.807, 2.05) is 12.7 Å². The van der Waals surface area contributed by atoms with E-state index < -0.39 is 0 Å². The van der Waals surface area contributed by atoms with Crippen LogP contribution in [0.1, 0.15) is 13.8 Å². The van der Waals surface area contributed by atoms with Crippen LogP contribution in [0.15, 0.2) is 0 Å². The maximum absolute atomic E-state index is 10.2. The Morgan fingerprint density at radius 3 is 2.88 bits per heavy atom. The van der Waals surface area contributed by atoms with Crippen LogP contribution in [0.3, 0.4) is 0 Å². The smallest absolute Gasteiger partial charge is 0.217 e. The maximum Gasteiger partial charge on any atom is 0.217 e. The highest BCUT2D eigenvalue weighted by molar-refractivity contribution is 8.01. The van der Waals surface area contributed by atoms with E-state index in [1.54, 1.807) is 11.8 Å². The summed E-state index contributed by atoms with van der Waals surface area (Å²) in [6.07, 6.45) is 0. The minimum absolute atomic E-state index is 0.0272. The molecule has 0 aliphatic heterocycles. The van der Waals surface area contributed by atoms with Crippen molar-refractivity contribution in [3.05, 3.63) is 5.75 Å². The average Bonchev–Trinajstić information content (AvgIpc) is 1.66. The molecule has 0 unspecified atom stereocenters. The Kier molecular flexibility index (Phi) is 4.85. The van der Waals surface area contributed by atoms with Gasteiger partial charge in [-0.15, -0.1) is 11.8 Å². The molecule has 0 saturated carbocycles. The first-order chi connectivity index (χ1) is 3.77. The van der Waals surface area contributed by atoms with Crippen molar-refractivity contribution >= 4 is 17.7 Å². The van der Waals surface area contributed by atoms with E-state index in [2.05, 4.69) is 5.32 Å². The van der Waals surface area contributed by atoms with Crippen LogP contribution in [0.4, 0.5) is 0 Å². The molecule has 0 aromatic carbocycles. The number of amides is 1. The van der Waals surface area contributed by atoms with E-state index in [4.69, 9.17) is 0 Å². The lowest BCUT2D eigenvalue weighted by Crippen LogP contribution is -2.18. The minimum atomic E-state index is 0.0272. The third-order valence-corrected chi connectivity index (χ3v) is 1.22. The molecule has 0 saturated heterocycles. The Morgan fingerprint density at radius 2 is 2.50 bits per heavy atom. The Hall–Kier alpha value is -0.180. The predicted molar refractivity (Wildman–Crippen MR) is 36.2 cm³/mol. The van der Waals surface area contributed by atoms with Gasteiger partial charge in [-0.2, -0.15) is 0 Å². The Labute approximate surface area is 54.0 Å². The molecular weight excluding hydrogens is 122 g/mol. The molecule has 2 nitrogen and oxygen atoms in total. The van der Waals surface area contributed by atoms with Gasteiger partial charge in [-0.3, -0.25) is 4.79 Å². The fraction of sp³-hybridized carbons (Fsp3) is 0.600. The zero-order valence-electron chi connectivity index (χ0n) is 5.10. The van der Waals surface area contributed by atoms with Crippen molar-refractivity contribution in [2.75, 3.05) is 5.88 Å². The molecule has 47 valence electrons. The molecule has 0 aromatic rings. The molecule has 0 bridgehead atoms. The van der Waals surface area contributed by atoms with Crippen LogP contribution in [0.5, 0.6) is 0 Å². The van der Waals surface area contributed by atoms with Crippen LogP contribution in [0, 0.1) is 5.75 Å². The van der Waals surface area contributed by atoms with E-state index in [-0.39, 0.29) is 5.91 Å². The normalized spacial score (nSPS) is 8.75. The summed E-state index contributed by atoms with van der Waals surface area (Å²) in [5.41, 5.74) is 0. The van der Waals surface area contributed by atoms with E-state index >= 15 is 0 Å². The minimum Gasteiger partial charge on any atom is -0.347 e. The van der Waals surface area contributed by atoms with Gasteiger partial charge in [0.05, 0.1) is 5.88 Å². The summed E-state index contributed by atoms with van der Waals surface area (Å²) in [4.78, 5) is 10.2. The van der Waals surface area contributed by atoms with Gasteiger partial charge in [0, 0.05) is 12.7 Å². The Morgan fingerprint density at radius 1 is 1.88 bits per heavy atom. The topological polar surface area (TPSA) is 29.1 Å². The van der Waals surface area contributed by atoms with Gasteiger partial charge in [0.15, 0.2) is 0 Å². The van der Waals surface area contributed by atoms with Gasteiger partial charge in [0.1, 0.15) is 0 Å². The predicted octanol–water partition coefficient (Wildman–Crippen LogP) is 0.995. The van der Waals surface area contributed by atoms with Gasteiger partial charge in [-0.05, 0) is 0 Å². The SMILES string of the molecule is C[CH]SCNC(C)=O. The maximum atomic E-state index is 10.2. The van der Waals surface area contributed by atoms with Crippen LogP contribution in [-0.2, 0) is 4.79 Å². The van der Waals surface area contributed by atoms with Gasteiger partial charge in [-0.25, -0.2) is 0 Å². The molecule has 0 aliphatic carbocycles. The summed E-state index contributed by atoms with van der Waals surface area (Å²) < 4.78 is 0. The fourth-order valence-electron chi connectivity index (χ4n) is 0.227. The van der Waals surface area contributed by atoms with Crippen molar-refractivity contribution in [3.63, 3.8) is 0 Å². The molecule has 0 atom stereocenters. The molecule has 0 aliphatic rings. The van der Waals surface area contributed by atoms with Crippen LogP contribution >= 0.6 is 11.8 Å². The van der Waals surface area contributed by atoms with Crippen molar-refractivity contribution in [1.29, 1.82) is 0 Å². The Bertz CT molecular complexity index is 74.8. The van der Waals surface area contributed by atoms with Gasteiger partial charge < -0.3 is 5.32 Å². The standard InChI is InChI=1S/C5H10NOS/c1-3-8-4-6-5(2)7/h3H,4H2,1-2H3,(H,6,7). The van der Waals surface area contributed by atoms with Crippen LogP contribution < -0.4 is 5.32 Å². The summed E-state index contributed by atoms with van der Waals surface area (Å²) in [5, 5.41) is 2.64. The van der Waals surface area contributed by atoms with Gasteiger partial charge in [0.2, 0.25) is 5.91 Å². The van der Waals surface area contributed by atoms with Gasteiger partial charge in [-0.1, -0.05) is 6.92 Å². The van der Waals surface area contributed by atoms with E-state index in [1.165, 1.54) is 6.92 Å². The summed E-state index contributed by atoms with van der Waals surface area (Å²) in [7, 11) is 0. The molecule has 0 rings (SSSR count). The molecule has 0 heterocycles. The monoisotopic (exact) mass is 132 g/mol. The molecule has 1 amide bonds. The molecule has 1 radical (unpaired) electrons. The first kappa shape index (κ1) is 7.82. The van der Waals surface area contributed by atoms with Crippen molar-refractivity contribution < 1.29 is 4.79 Å². The van der Waals surface area contributed by atoms with Crippen molar-refractivity contribution in [3.8, 4) is 0 Å². The van der Waals surface area contributed by atoms with Crippen LogP contribution in [0.2, 0.25) is 0 Å². The Balaban J connectivity index is 2.82. The molecule has 0 aromatic heterocycles. The average molecular weight is 132 g/mol. The second-order valence-electron chi connectivity index (χ2n) is 1.28. The lowest BCUT2D eigenvalue weighted by Gasteiger charge is -1.96. The van der Waals surface area contributed by atoms with Crippen molar-refractivity contribution in [2.45, 2.75) is 13.8 Å². The molecule has 0 fully saturated rings. The largest absolute Gasteiger partial charge is 0.347 e. The number of nitrogens with one attached hydrogen (secondary N) is 1. The molecule has 1 N–H and O–H groups in total. The second-order valence-corrected chi connectivity index (χ2v) is 2.37.